The molecular formula is C13H7F6NO3. The lowest BCUT2D eigenvalue weighted by Gasteiger charge is -2.23. The van der Waals surface area contributed by atoms with E-state index in [-0.39, 0.29) is 11.3 Å². The molecule has 124 valence electrons. The highest BCUT2D eigenvalue weighted by Crippen LogP contribution is 2.46. The number of nitrogens with zero attached hydrogens (tertiary/aromatic N) is 1. The van der Waals surface area contributed by atoms with Crippen molar-refractivity contribution in [1.82, 2.24) is 5.16 Å². The van der Waals surface area contributed by atoms with Gasteiger partial charge >= 0.3 is 18.3 Å². The fraction of sp³-hybridized carbons (Fsp3) is 0.231. The lowest BCUT2D eigenvalue weighted by molar-refractivity contribution is -0.253. The lowest BCUT2D eigenvalue weighted by atomic mass is 9.96. The molecule has 1 aromatic carbocycles. The lowest BCUT2D eigenvalue weighted by Crippen LogP contribution is -2.34. The summed E-state index contributed by atoms with van der Waals surface area (Å²) in [5.74, 6) is -5.08. The predicted molar refractivity (Wildman–Crippen MR) is 63.7 cm³/mol. The number of carbonyl (C=O) groups is 1. The topological polar surface area (TPSA) is 63.3 Å². The average Bonchev–Trinajstić information content (AvgIpc) is 2.85. The normalized spacial score (nSPS) is 12.7. The van der Waals surface area contributed by atoms with Gasteiger partial charge in [0.15, 0.2) is 17.4 Å². The second-order valence-electron chi connectivity index (χ2n) is 4.52. The van der Waals surface area contributed by atoms with Gasteiger partial charge in [0, 0.05) is 11.6 Å². The Morgan fingerprint density at radius 2 is 1.57 bits per heavy atom. The Labute approximate surface area is 124 Å². The highest BCUT2D eigenvalue weighted by Gasteiger charge is 2.57. The van der Waals surface area contributed by atoms with Crippen molar-refractivity contribution in [3.05, 3.63) is 41.6 Å². The van der Waals surface area contributed by atoms with Gasteiger partial charge in [-0.25, -0.2) is 4.79 Å². The van der Waals surface area contributed by atoms with Crippen LogP contribution in [0.1, 0.15) is 22.0 Å². The van der Waals surface area contributed by atoms with Crippen molar-refractivity contribution in [3.8, 4) is 11.3 Å². The fourth-order valence-corrected chi connectivity index (χ4v) is 1.92. The Bertz CT molecular complexity index is 688. The number of alkyl halides is 6. The molecular weight excluding hydrogens is 332 g/mol. The molecule has 0 aliphatic rings. The molecule has 0 fully saturated rings. The van der Waals surface area contributed by atoms with Crippen LogP contribution in [0.2, 0.25) is 0 Å². The summed E-state index contributed by atoms with van der Waals surface area (Å²) in [6.45, 7) is 0. The minimum atomic E-state index is -5.48. The van der Waals surface area contributed by atoms with Crippen molar-refractivity contribution in [3.63, 3.8) is 0 Å². The first kappa shape index (κ1) is 16.8. The zero-order valence-corrected chi connectivity index (χ0v) is 10.9. The van der Waals surface area contributed by atoms with Crippen LogP contribution in [0.5, 0.6) is 0 Å². The fourth-order valence-electron chi connectivity index (χ4n) is 1.92. The van der Waals surface area contributed by atoms with Crippen LogP contribution >= 0.6 is 0 Å². The summed E-state index contributed by atoms with van der Waals surface area (Å²) in [4.78, 5) is 10.6. The molecule has 10 heteroatoms. The van der Waals surface area contributed by atoms with Crippen LogP contribution < -0.4 is 0 Å². The molecule has 1 heterocycles. The third-order valence-corrected chi connectivity index (χ3v) is 2.91. The Hall–Kier alpha value is -2.52. The summed E-state index contributed by atoms with van der Waals surface area (Å²) in [7, 11) is 0. The molecule has 23 heavy (non-hydrogen) atoms. The number of hydrogen-bond acceptors (Lipinski definition) is 3. The van der Waals surface area contributed by atoms with E-state index in [1.54, 1.807) is 0 Å². The van der Waals surface area contributed by atoms with Crippen LogP contribution in [0.3, 0.4) is 0 Å². The molecule has 0 aliphatic carbocycles. The summed E-state index contributed by atoms with van der Waals surface area (Å²) < 4.78 is 80.3. The van der Waals surface area contributed by atoms with Crippen molar-refractivity contribution in [2.24, 2.45) is 0 Å². The quantitative estimate of drug-likeness (QED) is 0.849. The van der Waals surface area contributed by atoms with Gasteiger partial charge in [0.25, 0.3) is 0 Å². The highest BCUT2D eigenvalue weighted by atomic mass is 19.4. The molecule has 1 aromatic heterocycles. The Morgan fingerprint density at radius 1 is 1.04 bits per heavy atom. The Balaban J connectivity index is 2.36. The van der Waals surface area contributed by atoms with Gasteiger partial charge < -0.3 is 9.63 Å². The zero-order chi connectivity index (χ0) is 17.4. The second kappa shape index (κ2) is 5.60. The molecule has 0 saturated carbocycles. The predicted octanol–water partition coefficient (Wildman–Crippen LogP) is 4.25. The number of aromatic nitrogens is 1. The van der Waals surface area contributed by atoms with E-state index in [4.69, 9.17) is 5.11 Å². The van der Waals surface area contributed by atoms with E-state index in [9.17, 15) is 31.1 Å². The summed E-state index contributed by atoms with van der Waals surface area (Å²) in [5.41, 5.74) is -1.32. The first-order valence-electron chi connectivity index (χ1n) is 5.94. The number of carboxylic acid groups (broad SMARTS) is 1. The van der Waals surface area contributed by atoms with Gasteiger partial charge in [-0.3, -0.25) is 0 Å². The second-order valence-corrected chi connectivity index (χ2v) is 4.52. The number of halogens is 6. The van der Waals surface area contributed by atoms with Crippen LogP contribution in [-0.2, 0) is 0 Å². The van der Waals surface area contributed by atoms with Crippen LogP contribution in [-0.4, -0.2) is 28.6 Å². The third-order valence-electron chi connectivity index (χ3n) is 2.91. The average molecular weight is 339 g/mol. The molecule has 4 nitrogen and oxygen atoms in total. The highest BCUT2D eigenvalue weighted by molar-refractivity contribution is 5.86. The van der Waals surface area contributed by atoms with Gasteiger partial charge in [0.1, 0.15) is 0 Å². The molecule has 1 N–H and O–H groups in total. The van der Waals surface area contributed by atoms with Crippen LogP contribution in [0.25, 0.3) is 11.3 Å². The molecule has 0 atom stereocenters. The summed E-state index contributed by atoms with van der Waals surface area (Å²) in [6, 6.07) is 4.24. The molecule has 0 aliphatic heterocycles. The molecule has 0 spiro atoms. The van der Waals surface area contributed by atoms with E-state index in [0.29, 0.717) is 12.1 Å². The first-order valence-corrected chi connectivity index (χ1v) is 5.94. The van der Waals surface area contributed by atoms with Gasteiger partial charge in [-0.15, -0.1) is 0 Å². The number of rotatable bonds is 3. The van der Waals surface area contributed by atoms with Crippen molar-refractivity contribution >= 4 is 5.97 Å². The van der Waals surface area contributed by atoms with E-state index in [2.05, 4.69) is 9.68 Å². The molecule has 0 radical (unpaired) electrons. The molecule has 0 bridgehead atoms. The number of hydrogen-bond donors (Lipinski definition) is 1. The van der Waals surface area contributed by atoms with E-state index in [0.717, 1.165) is 18.2 Å². The molecule has 2 aromatic rings. The van der Waals surface area contributed by atoms with Gasteiger partial charge in [0.05, 0.1) is 0 Å². The van der Waals surface area contributed by atoms with Crippen molar-refractivity contribution in [2.45, 2.75) is 18.3 Å². The SMILES string of the molecule is O=C(O)c1cc(-c2ccc(C(C(F)(F)F)C(F)(F)F)cc2)on1. The smallest absolute Gasteiger partial charge is 0.404 e. The maximum Gasteiger partial charge on any atom is 0.404 e. The maximum atomic E-state index is 12.6. The number of benzene rings is 1. The molecule has 0 unspecified atom stereocenters. The zero-order valence-electron chi connectivity index (χ0n) is 10.9. The Kier molecular flexibility index (Phi) is 4.10. The minimum Gasteiger partial charge on any atom is -0.476 e. The Morgan fingerprint density at radius 3 is 1.96 bits per heavy atom. The van der Waals surface area contributed by atoms with E-state index >= 15 is 0 Å². The van der Waals surface area contributed by atoms with E-state index in [1.165, 1.54) is 0 Å². The third kappa shape index (κ3) is 3.63. The van der Waals surface area contributed by atoms with Gasteiger partial charge in [-0.2, -0.15) is 26.3 Å². The first-order chi connectivity index (χ1) is 10.5. The number of aromatic carboxylic acids is 1. The van der Waals surface area contributed by atoms with Crippen molar-refractivity contribution in [1.29, 1.82) is 0 Å². The monoisotopic (exact) mass is 339 g/mol. The van der Waals surface area contributed by atoms with Crippen LogP contribution in [0, 0.1) is 0 Å². The maximum absolute atomic E-state index is 12.6. The number of carboxylic acids is 1. The van der Waals surface area contributed by atoms with Crippen LogP contribution in [0.15, 0.2) is 34.9 Å². The van der Waals surface area contributed by atoms with E-state index < -0.39 is 35.5 Å². The molecule has 0 saturated heterocycles. The minimum absolute atomic E-state index is 0.0930. The summed E-state index contributed by atoms with van der Waals surface area (Å²) in [5, 5.41) is 11.9. The summed E-state index contributed by atoms with van der Waals surface area (Å²) in [6.07, 6.45) is -11.0. The van der Waals surface area contributed by atoms with Crippen molar-refractivity contribution < 1.29 is 40.8 Å². The van der Waals surface area contributed by atoms with Gasteiger partial charge in [0.2, 0.25) is 0 Å². The molecule has 2 rings (SSSR count). The van der Waals surface area contributed by atoms with Crippen LogP contribution in [0.4, 0.5) is 26.3 Å². The van der Waals surface area contributed by atoms with Gasteiger partial charge in [-0.1, -0.05) is 29.4 Å². The van der Waals surface area contributed by atoms with E-state index in [1.807, 2.05) is 0 Å². The summed E-state index contributed by atoms with van der Waals surface area (Å²) >= 11 is 0. The standard InChI is InChI=1S/C13H7F6NO3/c14-12(15,16)10(13(17,18)19)7-3-1-6(2-4-7)9-5-8(11(21)22)20-23-9/h1-5,10H,(H,21,22). The largest absolute Gasteiger partial charge is 0.476 e. The molecule has 0 amide bonds. The van der Waals surface area contributed by atoms with Gasteiger partial charge in [-0.05, 0) is 5.56 Å². The van der Waals surface area contributed by atoms with Crippen molar-refractivity contribution in [2.75, 3.05) is 0 Å².